The van der Waals surface area contributed by atoms with E-state index in [1.165, 1.54) is 0 Å². The van der Waals surface area contributed by atoms with Crippen LogP contribution in [-0.4, -0.2) is 12.1 Å². The van der Waals surface area contributed by atoms with Gasteiger partial charge in [0.25, 0.3) is 0 Å². The standard InChI is InChI=1S/C7H9ClN2O/c1-11-4-5-2-6(9)7(8)10-3-5/h2-3H,4,9H2,1H3. The summed E-state index contributed by atoms with van der Waals surface area (Å²) < 4.78 is 4.88. The van der Waals surface area contributed by atoms with Crippen molar-refractivity contribution in [1.82, 2.24) is 4.98 Å². The minimum atomic E-state index is 0.338. The number of nitrogens with two attached hydrogens (primary N) is 1. The number of nitrogen functional groups attached to an aromatic ring is 1. The third-order valence-corrected chi connectivity index (χ3v) is 1.55. The molecule has 0 aliphatic carbocycles. The van der Waals surface area contributed by atoms with Crippen LogP contribution in [0.25, 0.3) is 0 Å². The van der Waals surface area contributed by atoms with Gasteiger partial charge in [0.05, 0.1) is 12.3 Å². The maximum atomic E-state index is 5.60. The number of ether oxygens (including phenoxy) is 1. The number of rotatable bonds is 2. The molecule has 0 amide bonds. The lowest BCUT2D eigenvalue weighted by Crippen LogP contribution is -1.94. The molecule has 2 N–H and O–H groups in total. The van der Waals surface area contributed by atoms with Gasteiger partial charge >= 0.3 is 0 Å². The number of methoxy groups -OCH3 is 1. The molecule has 0 aliphatic heterocycles. The fourth-order valence-electron chi connectivity index (χ4n) is 0.756. The molecule has 1 heterocycles. The Morgan fingerprint density at radius 1 is 1.73 bits per heavy atom. The summed E-state index contributed by atoms with van der Waals surface area (Å²) in [6, 6.07) is 1.75. The minimum Gasteiger partial charge on any atom is -0.396 e. The molecular formula is C7H9ClN2O. The van der Waals surface area contributed by atoms with E-state index >= 15 is 0 Å². The molecule has 0 aromatic carbocycles. The van der Waals surface area contributed by atoms with Gasteiger partial charge in [-0.05, 0) is 11.6 Å². The number of hydrogen-bond acceptors (Lipinski definition) is 3. The maximum absolute atomic E-state index is 5.60. The SMILES string of the molecule is COCc1cnc(Cl)c(N)c1. The van der Waals surface area contributed by atoms with Gasteiger partial charge < -0.3 is 10.5 Å². The van der Waals surface area contributed by atoms with Crippen molar-refractivity contribution in [2.75, 3.05) is 12.8 Å². The van der Waals surface area contributed by atoms with Crippen molar-refractivity contribution in [2.24, 2.45) is 0 Å². The van der Waals surface area contributed by atoms with Gasteiger partial charge in [0, 0.05) is 13.3 Å². The van der Waals surface area contributed by atoms with Crippen molar-refractivity contribution in [3.8, 4) is 0 Å². The second-order valence-electron chi connectivity index (χ2n) is 2.16. The second-order valence-corrected chi connectivity index (χ2v) is 2.51. The zero-order valence-corrected chi connectivity index (χ0v) is 6.93. The van der Waals surface area contributed by atoms with Crippen LogP contribution in [-0.2, 0) is 11.3 Å². The molecule has 11 heavy (non-hydrogen) atoms. The number of aromatic nitrogens is 1. The van der Waals surface area contributed by atoms with E-state index in [2.05, 4.69) is 4.98 Å². The Morgan fingerprint density at radius 3 is 3.00 bits per heavy atom. The fraction of sp³-hybridized carbons (Fsp3) is 0.286. The molecule has 1 aromatic rings. The van der Waals surface area contributed by atoms with E-state index in [4.69, 9.17) is 22.1 Å². The topological polar surface area (TPSA) is 48.1 Å². The molecule has 3 nitrogen and oxygen atoms in total. The summed E-state index contributed by atoms with van der Waals surface area (Å²) in [4.78, 5) is 3.86. The smallest absolute Gasteiger partial charge is 0.151 e. The van der Waals surface area contributed by atoms with E-state index in [1.807, 2.05) is 0 Å². The average Bonchev–Trinajstić information content (AvgIpc) is 1.98. The first-order valence-corrected chi connectivity index (χ1v) is 3.50. The number of halogens is 1. The quantitative estimate of drug-likeness (QED) is 0.688. The van der Waals surface area contributed by atoms with Gasteiger partial charge in [0.15, 0.2) is 5.15 Å². The Bertz CT molecular complexity index is 252. The molecule has 0 unspecified atom stereocenters. The Labute approximate surface area is 70.1 Å². The molecular weight excluding hydrogens is 164 g/mol. The van der Waals surface area contributed by atoms with Crippen LogP contribution in [0.5, 0.6) is 0 Å². The van der Waals surface area contributed by atoms with Gasteiger partial charge in [-0.2, -0.15) is 0 Å². The van der Waals surface area contributed by atoms with Crippen LogP contribution in [0.1, 0.15) is 5.56 Å². The van der Waals surface area contributed by atoms with E-state index in [0.717, 1.165) is 5.56 Å². The second kappa shape index (κ2) is 3.55. The lowest BCUT2D eigenvalue weighted by molar-refractivity contribution is 0.184. The molecule has 0 radical (unpaired) electrons. The Balaban J connectivity index is 2.86. The number of nitrogens with zero attached hydrogens (tertiary/aromatic N) is 1. The summed E-state index contributed by atoms with van der Waals surface area (Å²) in [7, 11) is 1.62. The van der Waals surface area contributed by atoms with Gasteiger partial charge in [0.1, 0.15) is 0 Å². The van der Waals surface area contributed by atoms with E-state index in [-0.39, 0.29) is 0 Å². The van der Waals surface area contributed by atoms with Crippen LogP contribution < -0.4 is 5.73 Å². The average molecular weight is 173 g/mol. The van der Waals surface area contributed by atoms with Crippen LogP contribution in [0, 0.1) is 0 Å². The molecule has 1 aromatic heterocycles. The first kappa shape index (κ1) is 8.30. The van der Waals surface area contributed by atoms with E-state index in [1.54, 1.807) is 19.4 Å². The summed E-state index contributed by atoms with van der Waals surface area (Å²) >= 11 is 5.60. The molecule has 0 atom stereocenters. The van der Waals surface area contributed by atoms with E-state index in [0.29, 0.717) is 17.4 Å². The number of hydrogen-bond donors (Lipinski definition) is 1. The first-order valence-electron chi connectivity index (χ1n) is 3.13. The summed E-state index contributed by atoms with van der Waals surface area (Å²) in [5.74, 6) is 0. The molecule has 0 bridgehead atoms. The summed E-state index contributed by atoms with van der Waals surface area (Å²) in [5.41, 5.74) is 6.91. The van der Waals surface area contributed by atoms with Gasteiger partial charge in [-0.1, -0.05) is 11.6 Å². The van der Waals surface area contributed by atoms with Crippen molar-refractivity contribution in [1.29, 1.82) is 0 Å². The van der Waals surface area contributed by atoms with Crippen molar-refractivity contribution in [3.05, 3.63) is 23.0 Å². The molecule has 0 saturated heterocycles. The molecule has 4 heteroatoms. The van der Waals surface area contributed by atoms with Crippen molar-refractivity contribution in [2.45, 2.75) is 6.61 Å². The fourth-order valence-corrected chi connectivity index (χ4v) is 0.860. The van der Waals surface area contributed by atoms with Gasteiger partial charge in [-0.15, -0.1) is 0 Å². The normalized spacial score (nSPS) is 10.0. The van der Waals surface area contributed by atoms with Crippen LogP contribution >= 0.6 is 11.6 Å². The van der Waals surface area contributed by atoms with Gasteiger partial charge in [-0.25, -0.2) is 4.98 Å². The molecule has 1 rings (SSSR count). The van der Waals surface area contributed by atoms with Crippen molar-refractivity contribution < 1.29 is 4.74 Å². The predicted molar refractivity (Wildman–Crippen MR) is 44.4 cm³/mol. The molecule has 0 spiro atoms. The largest absolute Gasteiger partial charge is 0.396 e. The first-order chi connectivity index (χ1) is 5.24. The minimum absolute atomic E-state index is 0.338. The van der Waals surface area contributed by atoms with Crippen LogP contribution in [0.4, 0.5) is 5.69 Å². The highest BCUT2D eigenvalue weighted by molar-refractivity contribution is 6.31. The van der Waals surface area contributed by atoms with Crippen molar-refractivity contribution in [3.63, 3.8) is 0 Å². The molecule has 0 aliphatic rings. The monoisotopic (exact) mass is 172 g/mol. The van der Waals surface area contributed by atoms with Crippen LogP contribution in [0.3, 0.4) is 0 Å². The lowest BCUT2D eigenvalue weighted by atomic mass is 10.3. The maximum Gasteiger partial charge on any atom is 0.151 e. The Morgan fingerprint density at radius 2 is 2.45 bits per heavy atom. The van der Waals surface area contributed by atoms with Gasteiger partial charge in [0.2, 0.25) is 0 Å². The Hall–Kier alpha value is -0.800. The number of anilines is 1. The van der Waals surface area contributed by atoms with Crippen molar-refractivity contribution >= 4 is 17.3 Å². The van der Waals surface area contributed by atoms with E-state index < -0.39 is 0 Å². The third kappa shape index (κ3) is 2.06. The highest BCUT2D eigenvalue weighted by Gasteiger charge is 1.98. The lowest BCUT2D eigenvalue weighted by Gasteiger charge is -2.00. The zero-order valence-electron chi connectivity index (χ0n) is 6.17. The van der Waals surface area contributed by atoms with Gasteiger partial charge in [-0.3, -0.25) is 0 Å². The molecule has 60 valence electrons. The predicted octanol–water partition coefficient (Wildman–Crippen LogP) is 1.46. The Kier molecular flexibility index (Phi) is 2.68. The highest BCUT2D eigenvalue weighted by atomic mass is 35.5. The van der Waals surface area contributed by atoms with E-state index in [9.17, 15) is 0 Å². The summed E-state index contributed by atoms with van der Waals surface area (Å²) in [6.45, 7) is 0.508. The summed E-state index contributed by atoms with van der Waals surface area (Å²) in [6.07, 6.45) is 1.64. The highest BCUT2D eigenvalue weighted by Crippen LogP contribution is 2.16. The molecule has 0 saturated carbocycles. The van der Waals surface area contributed by atoms with Crippen LogP contribution in [0.15, 0.2) is 12.3 Å². The summed E-state index contributed by atoms with van der Waals surface area (Å²) in [5, 5.41) is 0.338. The van der Waals surface area contributed by atoms with Crippen LogP contribution in [0.2, 0.25) is 5.15 Å². The number of pyridine rings is 1. The third-order valence-electron chi connectivity index (χ3n) is 1.23. The molecule has 0 fully saturated rings. The zero-order chi connectivity index (χ0) is 8.27.